The predicted octanol–water partition coefficient (Wildman–Crippen LogP) is 9.96. The Morgan fingerprint density at radius 3 is 1.10 bits per heavy atom. The van der Waals surface area contributed by atoms with Gasteiger partial charge in [-0.3, -0.25) is 4.79 Å². The summed E-state index contributed by atoms with van der Waals surface area (Å²) in [5.74, 6) is -0.343. The van der Waals surface area contributed by atoms with Crippen molar-refractivity contribution in [2.75, 3.05) is 13.2 Å². The number of nitrogens with one attached hydrogen (secondary N) is 1. The average molecular weight is 970 g/mol. The van der Waals surface area contributed by atoms with E-state index in [1.807, 2.05) is 212 Å². The third-order valence-corrected chi connectivity index (χ3v) is 12.7. The monoisotopic (exact) mass is 969 g/mol. The Bertz CT molecular complexity index is 2600. The molecule has 11 heteroatoms. The number of ether oxygens (including phenoxy) is 9. The summed E-state index contributed by atoms with van der Waals surface area (Å²) in [5, 5.41) is 3.23. The van der Waals surface area contributed by atoms with Crippen LogP contribution in [0.4, 0.5) is 0 Å². The van der Waals surface area contributed by atoms with Crippen molar-refractivity contribution in [3.05, 3.63) is 251 Å². The fourth-order valence-corrected chi connectivity index (χ4v) is 8.98. The lowest BCUT2D eigenvalue weighted by Gasteiger charge is -2.49. The van der Waals surface area contributed by atoms with Gasteiger partial charge >= 0.3 is 0 Å². The van der Waals surface area contributed by atoms with E-state index in [1.165, 1.54) is 0 Å². The number of benzene rings is 7. The molecule has 0 aliphatic carbocycles. The van der Waals surface area contributed by atoms with Gasteiger partial charge in [0.2, 0.25) is 0 Å². The second-order valence-corrected chi connectivity index (χ2v) is 18.0. The van der Waals surface area contributed by atoms with E-state index in [1.54, 1.807) is 0 Å². The van der Waals surface area contributed by atoms with Crippen LogP contribution in [0, 0.1) is 0 Å². The molecule has 0 spiro atoms. The molecule has 9 rings (SSSR count). The van der Waals surface area contributed by atoms with Gasteiger partial charge in [-0.2, -0.15) is 0 Å². The fraction of sp³-hybridized carbons (Fsp3) is 0.295. The Balaban J connectivity index is 1.10. The first-order chi connectivity index (χ1) is 35.6. The SMILES string of the molecule is O=C1N[C@H](COCc2ccccc2)[C@@H](O[C@@H]2O[C@H](COCc3ccccc3)[C@@H](OCc3ccccc3)[C@H](OCc3ccccc3)[C@H]2OCc2ccccc2)[C@H](OCc2ccccc2)[C@H]1OCc1ccccc1. The first-order valence-electron chi connectivity index (χ1n) is 24.8. The van der Waals surface area contributed by atoms with Gasteiger partial charge in [-0.25, -0.2) is 0 Å². The highest BCUT2D eigenvalue weighted by molar-refractivity contribution is 5.83. The number of amides is 1. The molecule has 1 amide bonds. The normalized spacial score (nSPS) is 23.1. The standard InChI is InChI=1S/C61H63NO10/c63-60-58(69-41-50-32-18-6-19-33-50)56(67-39-48-28-14-4-15-29-48)54(52(62-60)43-64-36-45-22-8-1-9-23-45)72-61-59(70-42-51-34-20-7-21-35-51)57(68-40-49-30-16-5-17-31-49)55(66-38-47-26-12-3-13-27-47)53(71-61)44-65-37-46-24-10-2-11-25-46/h1-35,52-59,61H,36-44H2,(H,62,63)/t52-,53-,54-,55-,56+,57+,58-,59-,61+/m1/s1. The minimum atomic E-state index is -1.12. The van der Waals surface area contributed by atoms with Gasteiger partial charge in [0, 0.05) is 0 Å². The molecule has 7 aromatic carbocycles. The lowest BCUT2D eigenvalue weighted by Crippen LogP contribution is -2.69. The quantitative estimate of drug-likeness (QED) is 0.0595. The molecule has 372 valence electrons. The van der Waals surface area contributed by atoms with Crippen molar-refractivity contribution in [2.24, 2.45) is 0 Å². The molecule has 2 heterocycles. The molecule has 2 saturated heterocycles. The van der Waals surface area contributed by atoms with Gasteiger partial charge in [0.05, 0.1) is 65.5 Å². The second-order valence-electron chi connectivity index (χ2n) is 18.0. The van der Waals surface area contributed by atoms with Crippen molar-refractivity contribution >= 4 is 5.91 Å². The molecule has 2 aliphatic heterocycles. The van der Waals surface area contributed by atoms with Gasteiger partial charge in [-0.15, -0.1) is 0 Å². The van der Waals surface area contributed by atoms with Crippen LogP contribution in [-0.2, 0) is 93.7 Å². The number of hydrogen-bond acceptors (Lipinski definition) is 10. The van der Waals surface area contributed by atoms with Crippen LogP contribution in [0.3, 0.4) is 0 Å². The third-order valence-electron chi connectivity index (χ3n) is 12.7. The van der Waals surface area contributed by atoms with E-state index in [2.05, 4.69) is 5.32 Å². The summed E-state index contributed by atoms with van der Waals surface area (Å²) in [4.78, 5) is 14.5. The highest BCUT2D eigenvalue weighted by atomic mass is 16.7. The molecular weight excluding hydrogens is 907 g/mol. The summed E-state index contributed by atoms with van der Waals surface area (Å²) in [6.45, 7) is 1.94. The second kappa shape index (κ2) is 26.9. The fourth-order valence-electron chi connectivity index (χ4n) is 8.98. The zero-order chi connectivity index (χ0) is 49.0. The molecule has 0 aromatic heterocycles. The molecule has 2 fully saturated rings. The van der Waals surface area contributed by atoms with Gasteiger partial charge in [0.1, 0.15) is 36.6 Å². The van der Waals surface area contributed by atoms with Crippen LogP contribution < -0.4 is 5.32 Å². The maximum Gasteiger partial charge on any atom is 0.252 e. The van der Waals surface area contributed by atoms with Gasteiger partial charge < -0.3 is 47.9 Å². The van der Waals surface area contributed by atoms with E-state index in [-0.39, 0.29) is 52.2 Å². The van der Waals surface area contributed by atoms with E-state index < -0.39 is 55.1 Å². The summed E-state index contributed by atoms with van der Waals surface area (Å²) >= 11 is 0. The first kappa shape index (κ1) is 50.6. The maximum absolute atomic E-state index is 14.5. The molecule has 9 atom stereocenters. The van der Waals surface area contributed by atoms with Crippen molar-refractivity contribution in [3.8, 4) is 0 Å². The number of rotatable bonds is 25. The molecule has 0 bridgehead atoms. The van der Waals surface area contributed by atoms with Crippen LogP contribution in [-0.4, -0.2) is 74.2 Å². The molecule has 0 radical (unpaired) electrons. The average Bonchev–Trinajstić information content (AvgIpc) is 3.43. The smallest absolute Gasteiger partial charge is 0.252 e. The topological polar surface area (TPSA) is 112 Å². The van der Waals surface area contributed by atoms with Gasteiger partial charge in [0.25, 0.3) is 5.91 Å². The predicted molar refractivity (Wildman–Crippen MR) is 273 cm³/mol. The van der Waals surface area contributed by atoms with Crippen molar-refractivity contribution < 1.29 is 47.4 Å². The van der Waals surface area contributed by atoms with Gasteiger partial charge in [0.15, 0.2) is 12.4 Å². The van der Waals surface area contributed by atoms with E-state index in [4.69, 9.17) is 42.6 Å². The Kier molecular flexibility index (Phi) is 18.9. The Morgan fingerprint density at radius 2 is 0.681 bits per heavy atom. The van der Waals surface area contributed by atoms with Crippen LogP contribution in [0.25, 0.3) is 0 Å². The molecule has 72 heavy (non-hydrogen) atoms. The van der Waals surface area contributed by atoms with Crippen LogP contribution in [0.2, 0.25) is 0 Å². The molecule has 0 saturated carbocycles. The van der Waals surface area contributed by atoms with E-state index in [9.17, 15) is 4.79 Å². The Hall–Kier alpha value is -6.35. The van der Waals surface area contributed by atoms with E-state index in [0.717, 1.165) is 38.9 Å². The van der Waals surface area contributed by atoms with Crippen LogP contribution in [0.5, 0.6) is 0 Å². The van der Waals surface area contributed by atoms with Crippen LogP contribution in [0.15, 0.2) is 212 Å². The summed E-state index contributed by atoms with van der Waals surface area (Å²) < 4.78 is 62.1. The number of hydrogen-bond donors (Lipinski definition) is 1. The summed E-state index contributed by atoms with van der Waals surface area (Å²) in [7, 11) is 0. The molecular formula is C61H63NO10. The lowest BCUT2D eigenvalue weighted by molar-refractivity contribution is -0.347. The van der Waals surface area contributed by atoms with Crippen LogP contribution in [0.1, 0.15) is 38.9 Å². The highest BCUT2D eigenvalue weighted by Crippen LogP contribution is 2.35. The largest absolute Gasteiger partial charge is 0.375 e. The van der Waals surface area contributed by atoms with Gasteiger partial charge in [-0.05, 0) is 38.9 Å². The summed E-state index contributed by atoms with van der Waals surface area (Å²) in [6.07, 6.45) is -7.14. The first-order valence-corrected chi connectivity index (χ1v) is 24.8. The molecule has 0 unspecified atom stereocenters. The van der Waals surface area contributed by atoms with Crippen molar-refractivity contribution in [1.29, 1.82) is 0 Å². The number of piperidine rings is 1. The van der Waals surface area contributed by atoms with Gasteiger partial charge in [-0.1, -0.05) is 212 Å². The number of carbonyl (C=O) groups is 1. The van der Waals surface area contributed by atoms with E-state index >= 15 is 0 Å². The maximum atomic E-state index is 14.5. The lowest BCUT2D eigenvalue weighted by atomic mass is 9.93. The zero-order valence-electron chi connectivity index (χ0n) is 40.3. The minimum absolute atomic E-state index is 0.0878. The zero-order valence-corrected chi connectivity index (χ0v) is 40.3. The van der Waals surface area contributed by atoms with Crippen molar-refractivity contribution in [2.45, 2.75) is 101 Å². The molecule has 7 aromatic rings. The highest BCUT2D eigenvalue weighted by Gasteiger charge is 2.54. The van der Waals surface area contributed by atoms with Crippen molar-refractivity contribution in [3.63, 3.8) is 0 Å². The molecule has 1 N–H and O–H groups in total. The molecule has 2 aliphatic rings. The van der Waals surface area contributed by atoms with E-state index in [0.29, 0.717) is 13.2 Å². The third kappa shape index (κ3) is 14.6. The summed E-state index contributed by atoms with van der Waals surface area (Å²) in [6, 6.07) is 68.8. The Labute approximate surface area is 422 Å². The molecule has 11 nitrogen and oxygen atoms in total. The Morgan fingerprint density at radius 1 is 0.347 bits per heavy atom. The van der Waals surface area contributed by atoms with Crippen LogP contribution >= 0.6 is 0 Å². The van der Waals surface area contributed by atoms with Crippen molar-refractivity contribution in [1.82, 2.24) is 5.32 Å². The number of carbonyl (C=O) groups excluding carboxylic acids is 1. The summed E-state index contributed by atoms with van der Waals surface area (Å²) in [5.41, 5.74) is 6.73. The minimum Gasteiger partial charge on any atom is -0.375 e.